The fourth-order valence-corrected chi connectivity index (χ4v) is 1.69. The summed E-state index contributed by atoms with van der Waals surface area (Å²) >= 11 is 5.67. The lowest BCUT2D eigenvalue weighted by Gasteiger charge is -2.12. The Kier molecular flexibility index (Phi) is 5.03. The molecule has 0 saturated heterocycles. The zero-order valence-corrected chi connectivity index (χ0v) is 10.9. The van der Waals surface area contributed by atoms with Crippen molar-refractivity contribution in [3.05, 3.63) is 27.4 Å². The SMILES string of the molecule is CCC(CC)C(=O)Nc1nc(Cl)ccc1[N+](=O)[O-]. The number of carbonyl (C=O) groups is 1. The molecule has 1 aromatic rings. The van der Waals surface area contributed by atoms with Gasteiger partial charge in [0.2, 0.25) is 11.7 Å². The van der Waals surface area contributed by atoms with E-state index in [0.717, 1.165) is 0 Å². The molecule has 18 heavy (non-hydrogen) atoms. The third-order valence-corrected chi connectivity index (χ3v) is 2.85. The molecule has 6 nitrogen and oxygen atoms in total. The molecule has 7 heteroatoms. The summed E-state index contributed by atoms with van der Waals surface area (Å²) in [5.41, 5.74) is -0.265. The molecule has 98 valence electrons. The number of aromatic nitrogens is 1. The average Bonchev–Trinajstić information content (AvgIpc) is 2.30. The highest BCUT2D eigenvalue weighted by Gasteiger charge is 2.21. The first kappa shape index (κ1) is 14.4. The largest absolute Gasteiger partial charge is 0.311 e. The fourth-order valence-electron chi connectivity index (χ4n) is 1.55. The molecular formula is C11H14ClN3O3. The van der Waals surface area contributed by atoms with Gasteiger partial charge in [0.1, 0.15) is 5.15 Å². The van der Waals surface area contributed by atoms with Crippen LogP contribution in [0, 0.1) is 16.0 Å². The Labute approximate surface area is 110 Å². The lowest BCUT2D eigenvalue weighted by atomic mass is 10.0. The molecule has 0 radical (unpaired) electrons. The normalized spacial score (nSPS) is 10.4. The van der Waals surface area contributed by atoms with Crippen molar-refractivity contribution in [1.82, 2.24) is 4.98 Å². The van der Waals surface area contributed by atoms with E-state index in [4.69, 9.17) is 11.6 Å². The summed E-state index contributed by atoms with van der Waals surface area (Å²) in [6.45, 7) is 3.76. The van der Waals surface area contributed by atoms with Crippen LogP contribution < -0.4 is 5.32 Å². The van der Waals surface area contributed by atoms with Crippen molar-refractivity contribution in [1.29, 1.82) is 0 Å². The Morgan fingerprint density at radius 2 is 2.11 bits per heavy atom. The van der Waals surface area contributed by atoms with Crippen LogP contribution in [-0.2, 0) is 4.79 Å². The van der Waals surface area contributed by atoms with Crippen LogP contribution in [0.3, 0.4) is 0 Å². The van der Waals surface area contributed by atoms with Crippen molar-refractivity contribution in [2.45, 2.75) is 26.7 Å². The van der Waals surface area contributed by atoms with Gasteiger partial charge in [0.05, 0.1) is 4.92 Å². The third kappa shape index (κ3) is 3.40. The van der Waals surface area contributed by atoms with Gasteiger partial charge in [-0.3, -0.25) is 14.9 Å². The minimum atomic E-state index is -0.605. The van der Waals surface area contributed by atoms with Crippen molar-refractivity contribution in [2.75, 3.05) is 5.32 Å². The molecule has 0 saturated carbocycles. The summed E-state index contributed by atoms with van der Waals surface area (Å²) < 4.78 is 0. The van der Waals surface area contributed by atoms with Crippen molar-refractivity contribution >= 4 is 29.0 Å². The Morgan fingerprint density at radius 3 is 2.61 bits per heavy atom. The molecule has 0 atom stereocenters. The van der Waals surface area contributed by atoms with Gasteiger partial charge in [-0.2, -0.15) is 0 Å². The highest BCUT2D eigenvalue weighted by Crippen LogP contribution is 2.24. The molecule has 0 spiro atoms. The van der Waals surface area contributed by atoms with Crippen molar-refractivity contribution in [2.24, 2.45) is 5.92 Å². The van der Waals surface area contributed by atoms with E-state index in [9.17, 15) is 14.9 Å². The van der Waals surface area contributed by atoms with E-state index in [1.54, 1.807) is 0 Å². The molecule has 0 aliphatic heterocycles. The van der Waals surface area contributed by atoms with Crippen LogP contribution in [0.5, 0.6) is 0 Å². The molecular weight excluding hydrogens is 258 g/mol. The predicted octanol–water partition coefficient (Wildman–Crippen LogP) is 3.02. The van der Waals surface area contributed by atoms with Crippen molar-refractivity contribution in [3.63, 3.8) is 0 Å². The number of amides is 1. The second-order valence-electron chi connectivity index (χ2n) is 3.76. The summed E-state index contributed by atoms with van der Waals surface area (Å²) in [5.74, 6) is -0.576. The fraction of sp³-hybridized carbons (Fsp3) is 0.455. The average molecular weight is 272 g/mol. The zero-order valence-electron chi connectivity index (χ0n) is 10.1. The minimum Gasteiger partial charge on any atom is -0.305 e. The number of rotatable bonds is 5. The number of hydrogen-bond donors (Lipinski definition) is 1. The molecule has 1 N–H and O–H groups in total. The van der Waals surface area contributed by atoms with E-state index < -0.39 is 4.92 Å². The summed E-state index contributed by atoms with van der Waals surface area (Å²) in [4.78, 5) is 25.8. The third-order valence-electron chi connectivity index (χ3n) is 2.63. The molecule has 1 rings (SSSR count). The van der Waals surface area contributed by atoms with E-state index in [2.05, 4.69) is 10.3 Å². The van der Waals surface area contributed by atoms with E-state index >= 15 is 0 Å². The number of anilines is 1. The number of nitro groups is 1. The Balaban J connectivity index is 2.99. The number of hydrogen-bond acceptors (Lipinski definition) is 4. The Morgan fingerprint density at radius 1 is 1.50 bits per heavy atom. The van der Waals surface area contributed by atoms with Gasteiger partial charge >= 0.3 is 5.69 Å². The van der Waals surface area contributed by atoms with Gasteiger partial charge in [-0.05, 0) is 18.9 Å². The standard InChI is InChI=1S/C11H14ClN3O3/c1-3-7(4-2)11(16)14-10-8(15(17)18)5-6-9(12)13-10/h5-7H,3-4H2,1-2H3,(H,13,14,16). The summed E-state index contributed by atoms with van der Waals surface area (Å²) in [7, 11) is 0. The van der Waals surface area contributed by atoms with E-state index in [0.29, 0.717) is 12.8 Å². The lowest BCUT2D eigenvalue weighted by molar-refractivity contribution is -0.384. The molecule has 1 amide bonds. The lowest BCUT2D eigenvalue weighted by Crippen LogP contribution is -2.22. The van der Waals surface area contributed by atoms with E-state index in [1.807, 2.05) is 13.8 Å². The summed E-state index contributed by atoms with van der Waals surface area (Å²) in [6, 6.07) is 2.53. The van der Waals surface area contributed by atoms with Gasteiger partial charge in [0, 0.05) is 12.0 Å². The first-order valence-corrected chi connectivity index (χ1v) is 5.99. The summed E-state index contributed by atoms with van der Waals surface area (Å²) in [6.07, 6.45) is 1.33. The quantitative estimate of drug-likeness (QED) is 0.507. The molecule has 0 unspecified atom stereocenters. The maximum absolute atomic E-state index is 11.8. The number of halogens is 1. The number of nitrogens with zero attached hydrogens (tertiary/aromatic N) is 2. The maximum Gasteiger partial charge on any atom is 0.311 e. The molecule has 0 aliphatic rings. The second kappa shape index (κ2) is 6.30. The molecule has 1 heterocycles. The topological polar surface area (TPSA) is 85.1 Å². The van der Waals surface area contributed by atoms with Gasteiger partial charge in [0.15, 0.2) is 0 Å². The van der Waals surface area contributed by atoms with Crippen LogP contribution in [0.2, 0.25) is 5.15 Å². The molecule has 0 aromatic carbocycles. The van der Waals surface area contributed by atoms with Crippen LogP contribution in [0.4, 0.5) is 11.5 Å². The van der Waals surface area contributed by atoms with Crippen LogP contribution in [0.25, 0.3) is 0 Å². The smallest absolute Gasteiger partial charge is 0.305 e. The summed E-state index contributed by atoms with van der Waals surface area (Å²) in [5, 5.41) is 13.4. The van der Waals surface area contributed by atoms with Gasteiger partial charge in [0.25, 0.3) is 0 Å². The van der Waals surface area contributed by atoms with E-state index in [-0.39, 0.29) is 28.5 Å². The molecule has 0 fully saturated rings. The predicted molar refractivity (Wildman–Crippen MR) is 68.6 cm³/mol. The van der Waals surface area contributed by atoms with Gasteiger partial charge in [-0.15, -0.1) is 0 Å². The number of pyridine rings is 1. The monoisotopic (exact) mass is 271 g/mol. The van der Waals surface area contributed by atoms with Crippen LogP contribution >= 0.6 is 11.6 Å². The first-order chi connectivity index (χ1) is 8.49. The van der Waals surface area contributed by atoms with Gasteiger partial charge in [-0.25, -0.2) is 4.98 Å². The Bertz CT molecular complexity index is 461. The van der Waals surface area contributed by atoms with Crippen LogP contribution in [0.15, 0.2) is 12.1 Å². The zero-order chi connectivity index (χ0) is 13.7. The highest BCUT2D eigenvalue weighted by molar-refractivity contribution is 6.29. The van der Waals surface area contributed by atoms with Crippen LogP contribution in [-0.4, -0.2) is 15.8 Å². The van der Waals surface area contributed by atoms with E-state index in [1.165, 1.54) is 12.1 Å². The van der Waals surface area contributed by atoms with Crippen molar-refractivity contribution in [3.8, 4) is 0 Å². The number of carbonyl (C=O) groups excluding carboxylic acids is 1. The highest BCUT2D eigenvalue weighted by atomic mass is 35.5. The minimum absolute atomic E-state index is 0.0976. The Hall–Kier alpha value is -1.69. The van der Waals surface area contributed by atoms with Gasteiger partial charge < -0.3 is 5.32 Å². The molecule has 0 bridgehead atoms. The number of nitrogens with one attached hydrogen (secondary N) is 1. The van der Waals surface area contributed by atoms with Gasteiger partial charge in [-0.1, -0.05) is 25.4 Å². The van der Waals surface area contributed by atoms with Crippen LogP contribution in [0.1, 0.15) is 26.7 Å². The van der Waals surface area contributed by atoms with Crippen molar-refractivity contribution < 1.29 is 9.72 Å². The molecule has 0 aliphatic carbocycles. The second-order valence-corrected chi connectivity index (χ2v) is 4.15. The molecule has 1 aromatic heterocycles. The maximum atomic E-state index is 11.8. The first-order valence-electron chi connectivity index (χ1n) is 5.61.